The first kappa shape index (κ1) is 6.86. The molecular weight excluding hydrogens is 152 g/mol. The van der Waals surface area contributed by atoms with E-state index in [1.165, 1.54) is 0 Å². The van der Waals surface area contributed by atoms with E-state index in [9.17, 15) is 0 Å². The molecule has 0 radical (unpaired) electrons. The van der Waals surface area contributed by atoms with Crippen molar-refractivity contribution in [2.24, 2.45) is 0 Å². The van der Waals surface area contributed by atoms with Gasteiger partial charge in [-0.05, 0) is 18.6 Å². The molecule has 1 aromatic heterocycles. The van der Waals surface area contributed by atoms with E-state index >= 15 is 0 Å². The van der Waals surface area contributed by atoms with Crippen molar-refractivity contribution in [2.45, 2.75) is 6.92 Å². The van der Waals surface area contributed by atoms with Crippen LogP contribution in [0.3, 0.4) is 0 Å². The minimum atomic E-state index is 0.124. The SMILES string of the molecule is Cc1cccc2nc(C#N)oc12. The van der Waals surface area contributed by atoms with Gasteiger partial charge < -0.3 is 4.42 Å². The summed E-state index contributed by atoms with van der Waals surface area (Å²) in [6.07, 6.45) is 0. The van der Waals surface area contributed by atoms with Crippen molar-refractivity contribution >= 4 is 11.1 Å². The number of nitriles is 1. The summed E-state index contributed by atoms with van der Waals surface area (Å²) < 4.78 is 5.18. The summed E-state index contributed by atoms with van der Waals surface area (Å²) >= 11 is 0. The van der Waals surface area contributed by atoms with Gasteiger partial charge in [0.05, 0.1) is 0 Å². The predicted octanol–water partition coefficient (Wildman–Crippen LogP) is 2.01. The molecule has 0 aliphatic heterocycles. The third kappa shape index (κ3) is 0.857. The molecule has 0 saturated heterocycles. The van der Waals surface area contributed by atoms with Crippen LogP contribution in [0, 0.1) is 18.3 Å². The summed E-state index contributed by atoms with van der Waals surface area (Å²) in [7, 11) is 0. The summed E-state index contributed by atoms with van der Waals surface area (Å²) in [4.78, 5) is 3.96. The highest BCUT2D eigenvalue weighted by Gasteiger charge is 2.05. The van der Waals surface area contributed by atoms with Gasteiger partial charge in [0.2, 0.25) is 0 Å². The van der Waals surface area contributed by atoms with Crippen LogP contribution in [0.4, 0.5) is 0 Å². The fourth-order valence-corrected chi connectivity index (χ4v) is 1.13. The van der Waals surface area contributed by atoms with E-state index in [1.807, 2.05) is 31.2 Å². The summed E-state index contributed by atoms with van der Waals surface area (Å²) in [6, 6.07) is 7.51. The average Bonchev–Trinajstić information content (AvgIpc) is 2.49. The van der Waals surface area contributed by atoms with Gasteiger partial charge in [0.15, 0.2) is 11.7 Å². The van der Waals surface area contributed by atoms with E-state index in [-0.39, 0.29) is 5.89 Å². The molecule has 3 nitrogen and oxygen atoms in total. The molecule has 0 bridgehead atoms. The molecular formula is C9H6N2O. The lowest BCUT2D eigenvalue weighted by atomic mass is 10.2. The zero-order chi connectivity index (χ0) is 8.55. The first-order chi connectivity index (χ1) is 5.81. The van der Waals surface area contributed by atoms with Crippen LogP contribution < -0.4 is 0 Å². The van der Waals surface area contributed by atoms with Gasteiger partial charge in [0, 0.05) is 0 Å². The largest absolute Gasteiger partial charge is 0.428 e. The molecule has 12 heavy (non-hydrogen) atoms. The molecule has 3 heteroatoms. The number of fused-ring (bicyclic) bond motifs is 1. The molecule has 0 fully saturated rings. The first-order valence-corrected chi connectivity index (χ1v) is 3.57. The highest BCUT2D eigenvalue weighted by molar-refractivity contribution is 5.76. The monoisotopic (exact) mass is 158 g/mol. The van der Waals surface area contributed by atoms with Crippen LogP contribution in [-0.4, -0.2) is 4.98 Å². The minimum Gasteiger partial charge on any atom is -0.428 e. The van der Waals surface area contributed by atoms with Crippen molar-refractivity contribution in [3.05, 3.63) is 29.7 Å². The Labute approximate surface area is 69.2 Å². The molecule has 0 atom stereocenters. The number of aromatic nitrogens is 1. The van der Waals surface area contributed by atoms with Crippen LogP contribution in [0.15, 0.2) is 22.6 Å². The molecule has 0 N–H and O–H groups in total. The van der Waals surface area contributed by atoms with Crippen molar-refractivity contribution in [3.8, 4) is 6.07 Å². The Morgan fingerprint density at radius 1 is 1.50 bits per heavy atom. The summed E-state index contributed by atoms with van der Waals surface area (Å²) in [5.41, 5.74) is 2.45. The molecule has 0 aliphatic rings. The Balaban J connectivity index is 2.85. The van der Waals surface area contributed by atoms with Crippen molar-refractivity contribution in [2.75, 3.05) is 0 Å². The Morgan fingerprint density at radius 2 is 2.33 bits per heavy atom. The predicted molar refractivity (Wildman–Crippen MR) is 43.5 cm³/mol. The van der Waals surface area contributed by atoms with Crippen molar-refractivity contribution in [3.63, 3.8) is 0 Å². The molecule has 0 amide bonds. The zero-order valence-electron chi connectivity index (χ0n) is 6.53. The number of hydrogen-bond donors (Lipinski definition) is 0. The smallest absolute Gasteiger partial charge is 0.301 e. The van der Waals surface area contributed by atoms with E-state index in [2.05, 4.69) is 4.98 Å². The van der Waals surface area contributed by atoms with E-state index in [4.69, 9.17) is 9.68 Å². The Kier molecular flexibility index (Phi) is 1.34. The normalized spacial score (nSPS) is 10.0. The number of rotatable bonds is 0. The van der Waals surface area contributed by atoms with Gasteiger partial charge in [-0.3, -0.25) is 0 Å². The standard InChI is InChI=1S/C9H6N2O/c1-6-3-2-4-7-9(6)12-8(5-10)11-7/h2-4H,1H3. The van der Waals surface area contributed by atoms with E-state index in [1.54, 1.807) is 0 Å². The molecule has 1 heterocycles. The second-order valence-electron chi connectivity index (χ2n) is 2.55. The molecule has 0 spiro atoms. The lowest BCUT2D eigenvalue weighted by molar-refractivity contribution is 0.582. The van der Waals surface area contributed by atoms with Crippen LogP contribution in [0.5, 0.6) is 0 Å². The average molecular weight is 158 g/mol. The van der Waals surface area contributed by atoms with Gasteiger partial charge in [0.25, 0.3) is 0 Å². The molecule has 2 rings (SSSR count). The molecule has 58 valence electrons. The maximum atomic E-state index is 8.52. The third-order valence-corrected chi connectivity index (χ3v) is 1.71. The van der Waals surface area contributed by atoms with Gasteiger partial charge >= 0.3 is 5.89 Å². The highest BCUT2D eigenvalue weighted by Crippen LogP contribution is 2.18. The van der Waals surface area contributed by atoms with Crippen LogP contribution in [0.1, 0.15) is 11.5 Å². The lowest BCUT2D eigenvalue weighted by Gasteiger charge is -1.88. The zero-order valence-corrected chi connectivity index (χ0v) is 6.53. The van der Waals surface area contributed by atoms with Crippen molar-refractivity contribution in [1.29, 1.82) is 5.26 Å². The molecule has 2 aromatic rings. The lowest BCUT2D eigenvalue weighted by Crippen LogP contribution is -1.71. The van der Waals surface area contributed by atoms with Crippen LogP contribution in [0.25, 0.3) is 11.1 Å². The quantitative estimate of drug-likeness (QED) is 0.589. The Bertz CT molecular complexity index is 465. The second-order valence-corrected chi connectivity index (χ2v) is 2.55. The maximum Gasteiger partial charge on any atom is 0.301 e. The minimum absolute atomic E-state index is 0.124. The number of nitrogens with zero attached hydrogens (tertiary/aromatic N) is 2. The van der Waals surface area contributed by atoms with Crippen LogP contribution in [0.2, 0.25) is 0 Å². The van der Waals surface area contributed by atoms with E-state index in [0.717, 1.165) is 11.1 Å². The summed E-state index contributed by atoms with van der Waals surface area (Å²) in [5, 5.41) is 8.52. The second kappa shape index (κ2) is 2.35. The molecule has 0 aliphatic carbocycles. The van der Waals surface area contributed by atoms with Crippen LogP contribution >= 0.6 is 0 Å². The number of hydrogen-bond acceptors (Lipinski definition) is 3. The van der Waals surface area contributed by atoms with E-state index < -0.39 is 0 Å². The Hall–Kier alpha value is -1.82. The van der Waals surface area contributed by atoms with Crippen molar-refractivity contribution in [1.82, 2.24) is 4.98 Å². The number of benzene rings is 1. The number of para-hydroxylation sites is 1. The fourth-order valence-electron chi connectivity index (χ4n) is 1.13. The van der Waals surface area contributed by atoms with E-state index in [0.29, 0.717) is 5.58 Å². The molecule has 0 unspecified atom stereocenters. The van der Waals surface area contributed by atoms with Gasteiger partial charge in [-0.2, -0.15) is 10.2 Å². The molecule has 1 aromatic carbocycles. The maximum absolute atomic E-state index is 8.52. The summed E-state index contributed by atoms with van der Waals surface area (Å²) in [5.74, 6) is 0.124. The van der Waals surface area contributed by atoms with Gasteiger partial charge in [-0.15, -0.1) is 0 Å². The third-order valence-electron chi connectivity index (χ3n) is 1.71. The highest BCUT2D eigenvalue weighted by atomic mass is 16.3. The van der Waals surface area contributed by atoms with Gasteiger partial charge in [-0.1, -0.05) is 12.1 Å². The molecule has 0 saturated carbocycles. The first-order valence-electron chi connectivity index (χ1n) is 3.57. The summed E-state index contributed by atoms with van der Waals surface area (Å²) in [6.45, 7) is 1.93. The van der Waals surface area contributed by atoms with Crippen LogP contribution in [-0.2, 0) is 0 Å². The van der Waals surface area contributed by atoms with Gasteiger partial charge in [0.1, 0.15) is 5.52 Å². The van der Waals surface area contributed by atoms with Gasteiger partial charge in [-0.25, -0.2) is 0 Å². The Morgan fingerprint density at radius 3 is 3.00 bits per heavy atom. The number of oxazole rings is 1. The topological polar surface area (TPSA) is 49.8 Å². The van der Waals surface area contributed by atoms with Crippen molar-refractivity contribution < 1.29 is 4.42 Å². The number of aryl methyl sites for hydroxylation is 1. The fraction of sp³-hybridized carbons (Fsp3) is 0.111.